The minimum Gasteiger partial charge on any atom is -0.366 e. The van der Waals surface area contributed by atoms with Crippen LogP contribution in [-0.4, -0.2) is 24.6 Å². The molecule has 0 unspecified atom stereocenters. The molecule has 1 saturated heterocycles. The average Bonchev–Trinajstić information content (AvgIpc) is 2.38. The number of piperidine rings is 1. The van der Waals surface area contributed by atoms with Crippen molar-refractivity contribution in [2.75, 3.05) is 24.5 Å². The summed E-state index contributed by atoms with van der Waals surface area (Å²) in [6.45, 7) is 4.35. The van der Waals surface area contributed by atoms with Crippen LogP contribution in [0.25, 0.3) is 0 Å². The van der Waals surface area contributed by atoms with E-state index in [2.05, 4.69) is 4.90 Å². The van der Waals surface area contributed by atoms with Crippen molar-refractivity contribution >= 4 is 11.4 Å². The summed E-state index contributed by atoms with van der Waals surface area (Å²) in [5, 5.41) is 11.1. The molecule has 1 aromatic carbocycles. The Balaban J connectivity index is 2.26. The Bertz CT molecular complexity index is 440. The highest BCUT2D eigenvalue weighted by Gasteiger charge is 2.25. The summed E-state index contributed by atoms with van der Waals surface area (Å²) in [4.78, 5) is 12.9. The van der Waals surface area contributed by atoms with Crippen molar-refractivity contribution < 1.29 is 4.92 Å². The van der Waals surface area contributed by atoms with E-state index in [0.717, 1.165) is 37.2 Å². The Morgan fingerprint density at radius 2 is 2.11 bits per heavy atom. The van der Waals surface area contributed by atoms with E-state index in [-0.39, 0.29) is 10.6 Å². The summed E-state index contributed by atoms with van der Waals surface area (Å²) in [6.07, 6.45) is 2.03. The molecule has 5 heteroatoms. The summed E-state index contributed by atoms with van der Waals surface area (Å²) in [5.41, 5.74) is 7.62. The Morgan fingerprint density at radius 3 is 2.67 bits per heavy atom. The van der Waals surface area contributed by atoms with Gasteiger partial charge in [-0.2, -0.15) is 0 Å². The van der Waals surface area contributed by atoms with Gasteiger partial charge in [0.25, 0.3) is 5.69 Å². The molecule has 0 bridgehead atoms. The van der Waals surface area contributed by atoms with Crippen LogP contribution >= 0.6 is 0 Å². The van der Waals surface area contributed by atoms with E-state index in [1.165, 1.54) is 0 Å². The van der Waals surface area contributed by atoms with Crippen molar-refractivity contribution in [1.29, 1.82) is 0 Å². The van der Waals surface area contributed by atoms with Crippen molar-refractivity contribution in [2.24, 2.45) is 11.7 Å². The summed E-state index contributed by atoms with van der Waals surface area (Å²) in [6, 6.07) is 5.25. The van der Waals surface area contributed by atoms with Gasteiger partial charge in [-0.3, -0.25) is 10.1 Å². The first kappa shape index (κ1) is 12.8. The van der Waals surface area contributed by atoms with Gasteiger partial charge in [-0.25, -0.2) is 0 Å². The van der Waals surface area contributed by atoms with Crippen LogP contribution < -0.4 is 10.6 Å². The van der Waals surface area contributed by atoms with Crippen LogP contribution in [0.2, 0.25) is 0 Å². The largest absolute Gasteiger partial charge is 0.366 e. The van der Waals surface area contributed by atoms with Gasteiger partial charge in [0.1, 0.15) is 5.69 Å². The number of para-hydroxylation sites is 1. The van der Waals surface area contributed by atoms with E-state index in [1.807, 2.05) is 13.0 Å². The van der Waals surface area contributed by atoms with Gasteiger partial charge in [0.15, 0.2) is 0 Å². The zero-order chi connectivity index (χ0) is 13.1. The van der Waals surface area contributed by atoms with Gasteiger partial charge in [-0.05, 0) is 37.8 Å². The van der Waals surface area contributed by atoms with Crippen LogP contribution in [0, 0.1) is 23.0 Å². The Morgan fingerprint density at radius 1 is 1.44 bits per heavy atom. The summed E-state index contributed by atoms with van der Waals surface area (Å²) >= 11 is 0. The number of rotatable bonds is 3. The summed E-state index contributed by atoms with van der Waals surface area (Å²) < 4.78 is 0. The monoisotopic (exact) mass is 249 g/mol. The molecule has 0 aliphatic carbocycles. The predicted molar refractivity (Wildman–Crippen MR) is 71.8 cm³/mol. The van der Waals surface area contributed by atoms with E-state index in [0.29, 0.717) is 12.5 Å². The fourth-order valence-electron chi connectivity index (χ4n) is 2.59. The molecule has 1 aliphatic rings. The normalized spacial score (nSPS) is 16.9. The van der Waals surface area contributed by atoms with Crippen LogP contribution in [0.5, 0.6) is 0 Å². The Kier molecular flexibility index (Phi) is 3.81. The van der Waals surface area contributed by atoms with Crippen LogP contribution in [0.15, 0.2) is 18.2 Å². The first-order chi connectivity index (χ1) is 8.63. The topological polar surface area (TPSA) is 72.4 Å². The van der Waals surface area contributed by atoms with Gasteiger partial charge in [0, 0.05) is 19.2 Å². The SMILES string of the molecule is Cc1cccc([N+](=O)[O-])c1N1CCC(CN)CC1. The third-order valence-electron chi connectivity index (χ3n) is 3.68. The van der Waals surface area contributed by atoms with Gasteiger partial charge in [-0.15, -0.1) is 0 Å². The summed E-state index contributed by atoms with van der Waals surface area (Å²) in [7, 11) is 0. The number of nitrogens with two attached hydrogens (primary N) is 1. The third-order valence-corrected chi connectivity index (χ3v) is 3.68. The molecule has 98 valence electrons. The first-order valence-corrected chi connectivity index (χ1v) is 6.32. The van der Waals surface area contributed by atoms with E-state index in [1.54, 1.807) is 12.1 Å². The van der Waals surface area contributed by atoms with Crippen LogP contribution in [0.4, 0.5) is 11.4 Å². The smallest absolute Gasteiger partial charge is 0.292 e. The molecule has 0 spiro atoms. The van der Waals surface area contributed by atoms with Crippen molar-refractivity contribution in [3.05, 3.63) is 33.9 Å². The molecule has 1 fully saturated rings. The second kappa shape index (κ2) is 5.35. The lowest BCUT2D eigenvalue weighted by atomic mass is 9.96. The van der Waals surface area contributed by atoms with Crippen molar-refractivity contribution in [1.82, 2.24) is 0 Å². The molecule has 0 amide bonds. The van der Waals surface area contributed by atoms with E-state index < -0.39 is 0 Å². The molecule has 0 atom stereocenters. The second-order valence-electron chi connectivity index (χ2n) is 4.87. The molecule has 0 radical (unpaired) electrons. The van der Waals surface area contributed by atoms with E-state index >= 15 is 0 Å². The molecule has 2 rings (SSSR count). The van der Waals surface area contributed by atoms with E-state index in [9.17, 15) is 10.1 Å². The third kappa shape index (κ3) is 2.46. The number of hydrogen-bond acceptors (Lipinski definition) is 4. The maximum Gasteiger partial charge on any atom is 0.292 e. The minimum absolute atomic E-state index is 0.209. The molecule has 1 aromatic rings. The number of aryl methyl sites for hydroxylation is 1. The number of hydrogen-bond donors (Lipinski definition) is 1. The zero-order valence-corrected chi connectivity index (χ0v) is 10.6. The molecule has 0 aromatic heterocycles. The van der Waals surface area contributed by atoms with Gasteiger partial charge >= 0.3 is 0 Å². The number of nitro benzene ring substituents is 1. The average molecular weight is 249 g/mol. The molecular formula is C13H19N3O2. The van der Waals surface area contributed by atoms with Crippen molar-refractivity contribution in [2.45, 2.75) is 19.8 Å². The van der Waals surface area contributed by atoms with Crippen LogP contribution in [-0.2, 0) is 0 Å². The number of anilines is 1. The standard InChI is InChI=1S/C13H19N3O2/c1-10-3-2-4-12(16(17)18)13(10)15-7-5-11(9-14)6-8-15/h2-4,11H,5-9,14H2,1H3. The van der Waals surface area contributed by atoms with Gasteiger partial charge < -0.3 is 10.6 Å². The number of nitrogens with zero attached hydrogens (tertiary/aromatic N) is 2. The van der Waals surface area contributed by atoms with E-state index in [4.69, 9.17) is 5.73 Å². The second-order valence-corrected chi connectivity index (χ2v) is 4.87. The molecule has 1 heterocycles. The molecular weight excluding hydrogens is 230 g/mol. The van der Waals surface area contributed by atoms with Gasteiger partial charge in [0.2, 0.25) is 0 Å². The van der Waals surface area contributed by atoms with Crippen LogP contribution in [0.3, 0.4) is 0 Å². The first-order valence-electron chi connectivity index (χ1n) is 6.32. The highest BCUT2D eigenvalue weighted by molar-refractivity contribution is 5.67. The summed E-state index contributed by atoms with van der Waals surface area (Å²) in [5.74, 6) is 0.560. The molecule has 1 aliphatic heterocycles. The van der Waals surface area contributed by atoms with Crippen molar-refractivity contribution in [3.63, 3.8) is 0 Å². The van der Waals surface area contributed by atoms with Crippen molar-refractivity contribution in [3.8, 4) is 0 Å². The highest BCUT2D eigenvalue weighted by atomic mass is 16.6. The lowest BCUT2D eigenvalue weighted by molar-refractivity contribution is -0.384. The lowest BCUT2D eigenvalue weighted by Gasteiger charge is -2.33. The Hall–Kier alpha value is -1.62. The molecule has 5 nitrogen and oxygen atoms in total. The number of nitro groups is 1. The van der Waals surface area contributed by atoms with Gasteiger partial charge in [0.05, 0.1) is 4.92 Å². The zero-order valence-electron chi connectivity index (χ0n) is 10.6. The maximum atomic E-state index is 11.1. The highest BCUT2D eigenvalue weighted by Crippen LogP contribution is 2.34. The van der Waals surface area contributed by atoms with Gasteiger partial charge in [-0.1, -0.05) is 12.1 Å². The quantitative estimate of drug-likeness (QED) is 0.657. The van der Waals surface area contributed by atoms with Crippen LogP contribution in [0.1, 0.15) is 18.4 Å². The molecule has 2 N–H and O–H groups in total. The maximum absolute atomic E-state index is 11.1. The predicted octanol–water partition coefficient (Wildman–Crippen LogP) is 2.08. The Labute approximate surface area is 107 Å². The molecule has 18 heavy (non-hydrogen) atoms. The fraction of sp³-hybridized carbons (Fsp3) is 0.538. The number of benzene rings is 1. The lowest BCUT2D eigenvalue weighted by Crippen LogP contribution is -2.36. The fourth-order valence-corrected chi connectivity index (χ4v) is 2.59. The minimum atomic E-state index is -0.294. The molecule has 0 saturated carbocycles.